The molecule has 1 aromatic heterocycles. The monoisotopic (exact) mass is 335 g/mol. The molecule has 0 N–H and O–H groups in total. The zero-order valence-corrected chi connectivity index (χ0v) is 14.5. The molecule has 1 aliphatic carbocycles. The summed E-state index contributed by atoms with van der Waals surface area (Å²) in [7, 11) is 0. The summed E-state index contributed by atoms with van der Waals surface area (Å²) < 4.78 is 20.1. The lowest BCUT2D eigenvalue weighted by molar-refractivity contribution is 0.291. The molecule has 2 nitrogen and oxygen atoms in total. The second-order valence-corrected chi connectivity index (χ2v) is 6.84. The van der Waals surface area contributed by atoms with Gasteiger partial charge in [0.25, 0.3) is 0 Å². The second kappa shape index (κ2) is 6.83. The molecule has 4 rings (SSSR count). The minimum atomic E-state index is -0.271. The summed E-state index contributed by atoms with van der Waals surface area (Å²) >= 11 is 0. The molecule has 0 aliphatic heterocycles. The van der Waals surface area contributed by atoms with E-state index in [1.807, 2.05) is 30.3 Å². The molecular weight excluding hydrogens is 313 g/mol. The van der Waals surface area contributed by atoms with E-state index in [0.717, 1.165) is 46.5 Å². The summed E-state index contributed by atoms with van der Waals surface area (Å²) in [5.41, 5.74) is 4.09. The zero-order chi connectivity index (χ0) is 17.2. The van der Waals surface area contributed by atoms with Gasteiger partial charge < -0.3 is 4.74 Å². The van der Waals surface area contributed by atoms with Crippen molar-refractivity contribution in [3.05, 3.63) is 71.2 Å². The van der Waals surface area contributed by atoms with Crippen molar-refractivity contribution in [2.24, 2.45) is 5.92 Å². The predicted molar refractivity (Wildman–Crippen MR) is 98.3 cm³/mol. The highest BCUT2D eigenvalue weighted by molar-refractivity contribution is 5.82. The predicted octanol–water partition coefficient (Wildman–Crippen LogP) is 5.47. The molecule has 1 saturated carbocycles. The largest absolute Gasteiger partial charge is 0.486 e. The van der Waals surface area contributed by atoms with Crippen LogP contribution in [0, 0.1) is 11.7 Å². The van der Waals surface area contributed by atoms with Crippen LogP contribution in [0.2, 0.25) is 0 Å². The lowest BCUT2D eigenvalue weighted by Gasteiger charge is -2.12. The number of benzene rings is 2. The van der Waals surface area contributed by atoms with Gasteiger partial charge in [0, 0.05) is 16.6 Å². The molecule has 0 bridgehead atoms. The molecule has 0 unspecified atom stereocenters. The summed E-state index contributed by atoms with van der Waals surface area (Å²) in [5, 5.41) is 1.06. The maximum absolute atomic E-state index is 14.3. The Morgan fingerprint density at radius 3 is 2.72 bits per heavy atom. The van der Waals surface area contributed by atoms with Crippen molar-refractivity contribution in [1.29, 1.82) is 0 Å². The lowest BCUT2D eigenvalue weighted by Crippen LogP contribution is -2.01. The third-order valence-electron chi connectivity index (χ3n) is 4.82. The molecule has 1 aliphatic rings. The van der Waals surface area contributed by atoms with Gasteiger partial charge in [-0.05, 0) is 61.4 Å². The van der Waals surface area contributed by atoms with Crippen molar-refractivity contribution in [1.82, 2.24) is 4.98 Å². The molecule has 128 valence electrons. The molecule has 1 fully saturated rings. The van der Waals surface area contributed by atoms with Crippen molar-refractivity contribution in [2.75, 3.05) is 0 Å². The van der Waals surface area contributed by atoms with Crippen molar-refractivity contribution in [2.45, 2.75) is 39.2 Å². The Bertz CT molecular complexity index is 902. The maximum atomic E-state index is 14.3. The fraction of sp³-hybridized carbons (Fsp3) is 0.318. The van der Waals surface area contributed by atoms with E-state index in [-0.39, 0.29) is 5.82 Å². The van der Waals surface area contributed by atoms with Crippen molar-refractivity contribution < 1.29 is 9.13 Å². The van der Waals surface area contributed by atoms with Crippen molar-refractivity contribution >= 4 is 10.9 Å². The van der Waals surface area contributed by atoms with Crippen LogP contribution in [0.15, 0.2) is 48.5 Å². The van der Waals surface area contributed by atoms with Gasteiger partial charge in [0.2, 0.25) is 0 Å². The van der Waals surface area contributed by atoms with Crippen LogP contribution < -0.4 is 4.74 Å². The van der Waals surface area contributed by atoms with Gasteiger partial charge in [-0.2, -0.15) is 0 Å². The average molecular weight is 335 g/mol. The second-order valence-electron chi connectivity index (χ2n) is 6.84. The molecule has 1 heterocycles. The van der Waals surface area contributed by atoms with E-state index >= 15 is 0 Å². The highest BCUT2D eigenvalue weighted by atomic mass is 19.1. The van der Waals surface area contributed by atoms with Gasteiger partial charge in [0.15, 0.2) is 11.6 Å². The number of ether oxygens (including phenoxy) is 1. The molecule has 25 heavy (non-hydrogen) atoms. The van der Waals surface area contributed by atoms with Crippen LogP contribution in [0.25, 0.3) is 10.9 Å². The van der Waals surface area contributed by atoms with Crippen LogP contribution in [0.1, 0.15) is 36.6 Å². The standard InChI is InChI=1S/C22H22FNO/c1-2-18-13-17(19-5-3-4-6-21(19)24-18)14-25-22-10-9-16(12-20(22)23)11-15-7-8-15/h3-6,9-10,12-13,15H,2,7-8,11,14H2,1H3. The SMILES string of the molecule is CCc1cc(COc2ccc(CC3CC3)cc2F)c2ccccc2n1. The van der Waals surface area contributed by atoms with Crippen LogP contribution in [0.3, 0.4) is 0 Å². The highest BCUT2D eigenvalue weighted by Crippen LogP contribution is 2.33. The lowest BCUT2D eigenvalue weighted by atomic mass is 10.1. The van der Waals surface area contributed by atoms with Crippen LogP contribution in [0.5, 0.6) is 5.75 Å². The molecule has 0 amide bonds. The number of pyridine rings is 1. The summed E-state index contributed by atoms with van der Waals surface area (Å²) in [6, 6.07) is 15.4. The molecule has 0 saturated heterocycles. The quantitative estimate of drug-likeness (QED) is 0.596. The first-order valence-corrected chi connectivity index (χ1v) is 9.01. The minimum absolute atomic E-state index is 0.271. The normalized spacial score (nSPS) is 14.0. The minimum Gasteiger partial charge on any atom is -0.486 e. The molecule has 0 atom stereocenters. The summed E-state index contributed by atoms with van der Waals surface area (Å²) in [4.78, 5) is 4.64. The molecule has 0 radical (unpaired) electrons. The number of rotatable bonds is 6. The fourth-order valence-electron chi connectivity index (χ4n) is 3.21. The van der Waals surface area contributed by atoms with Gasteiger partial charge in [-0.15, -0.1) is 0 Å². The van der Waals surface area contributed by atoms with E-state index in [9.17, 15) is 4.39 Å². The highest BCUT2D eigenvalue weighted by Gasteiger charge is 2.21. The first kappa shape index (κ1) is 16.1. The number of fused-ring (bicyclic) bond motifs is 1. The Balaban J connectivity index is 1.55. The third-order valence-corrected chi connectivity index (χ3v) is 4.82. The fourth-order valence-corrected chi connectivity index (χ4v) is 3.21. The average Bonchev–Trinajstić information content (AvgIpc) is 3.44. The third kappa shape index (κ3) is 3.65. The maximum Gasteiger partial charge on any atom is 0.165 e. The number of aromatic nitrogens is 1. The van der Waals surface area contributed by atoms with E-state index in [0.29, 0.717) is 12.4 Å². The Morgan fingerprint density at radius 1 is 1.12 bits per heavy atom. The number of halogens is 1. The number of hydrogen-bond acceptors (Lipinski definition) is 2. The Labute approximate surface area is 147 Å². The zero-order valence-electron chi connectivity index (χ0n) is 14.5. The summed E-state index contributed by atoms with van der Waals surface area (Å²) in [6.45, 7) is 2.43. The van der Waals surface area contributed by atoms with E-state index in [1.54, 1.807) is 12.1 Å². The van der Waals surface area contributed by atoms with E-state index in [1.165, 1.54) is 12.8 Å². The summed E-state index contributed by atoms with van der Waals surface area (Å²) in [6.07, 6.45) is 4.39. The number of aryl methyl sites for hydroxylation is 1. The van der Waals surface area contributed by atoms with E-state index in [4.69, 9.17) is 4.74 Å². The first-order chi connectivity index (χ1) is 12.2. The van der Waals surface area contributed by atoms with E-state index in [2.05, 4.69) is 18.0 Å². The topological polar surface area (TPSA) is 22.1 Å². The van der Waals surface area contributed by atoms with Crippen LogP contribution in [-0.2, 0) is 19.4 Å². The molecule has 3 aromatic rings. The van der Waals surface area contributed by atoms with Crippen LogP contribution in [-0.4, -0.2) is 4.98 Å². The summed E-state index contributed by atoms with van der Waals surface area (Å²) in [5.74, 6) is 0.799. The van der Waals surface area contributed by atoms with Gasteiger partial charge in [-0.25, -0.2) is 4.39 Å². The molecule has 3 heteroatoms. The number of nitrogens with zero attached hydrogens (tertiary/aromatic N) is 1. The molecular formula is C22H22FNO. The van der Waals surface area contributed by atoms with Crippen molar-refractivity contribution in [3.63, 3.8) is 0 Å². The van der Waals surface area contributed by atoms with Crippen LogP contribution >= 0.6 is 0 Å². The van der Waals surface area contributed by atoms with E-state index < -0.39 is 0 Å². The van der Waals surface area contributed by atoms with Gasteiger partial charge in [-0.1, -0.05) is 31.2 Å². The van der Waals surface area contributed by atoms with Gasteiger partial charge in [0.1, 0.15) is 6.61 Å². The molecule has 0 spiro atoms. The number of para-hydroxylation sites is 1. The van der Waals surface area contributed by atoms with Crippen LogP contribution in [0.4, 0.5) is 4.39 Å². The first-order valence-electron chi connectivity index (χ1n) is 9.01. The van der Waals surface area contributed by atoms with Gasteiger partial charge in [-0.3, -0.25) is 4.98 Å². The molecule has 2 aromatic carbocycles. The van der Waals surface area contributed by atoms with Gasteiger partial charge >= 0.3 is 0 Å². The van der Waals surface area contributed by atoms with Crippen molar-refractivity contribution in [3.8, 4) is 5.75 Å². The Morgan fingerprint density at radius 2 is 1.96 bits per heavy atom. The Kier molecular flexibility index (Phi) is 4.39. The smallest absolute Gasteiger partial charge is 0.165 e. The Hall–Kier alpha value is -2.42. The van der Waals surface area contributed by atoms with Gasteiger partial charge in [0.05, 0.1) is 5.52 Å². The number of hydrogen-bond donors (Lipinski definition) is 0.